The summed E-state index contributed by atoms with van der Waals surface area (Å²) in [5.74, 6) is 0. The SMILES string of the molecule is CN1CCOC(CO)(CO)C1. The van der Waals surface area contributed by atoms with Crippen LogP contribution in [0, 0.1) is 0 Å². The van der Waals surface area contributed by atoms with Crippen LogP contribution in [0.15, 0.2) is 0 Å². The van der Waals surface area contributed by atoms with Crippen molar-refractivity contribution in [1.29, 1.82) is 0 Å². The average Bonchev–Trinajstić information content (AvgIpc) is 2.04. The summed E-state index contributed by atoms with van der Waals surface area (Å²) in [5.41, 5.74) is -0.729. The highest BCUT2D eigenvalue weighted by Gasteiger charge is 2.34. The minimum atomic E-state index is -0.729. The first-order valence-corrected chi connectivity index (χ1v) is 3.77. The van der Waals surface area contributed by atoms with Gasteiger partial charge in [0, 0.05) is 13.1 Å². The van der Waals surface area contributed by atoms with Gasteiger partial charge in [0.1, 0.15) is 5.60 Å². The molecule has 2 N–H and O–H groups in total. The molecule has 1 fully saturated rings. The third-order valence-electron chi connectivity index (χ3n) is 2.02. The van der Waals surface area contributed by atoms with Crippen molar-refractivity contribution in [2.75, 3.05) is 40.0 Å². The molecule has 1 saturated heterocycles. The number of hydrogen-bond acceptors (Lipinski definition) is 4. The molecule has 66 valence electrons. The van der Waals surface area contributed by atoms with Gasteiger partial charge in [-0.05, 0) is 7.05 Å². The lowest BCUT2D eigenvalue weighted by molar-refractivity contribution is -0.149. The van der Waals surface area contributed by atoms with Gasteiger partial charge < -0.3 is 19.8 Å². The van der Waals surface area contributed by atoms with Gasteiger partial charge in [-0.1, -0.05) is 0 Å². The van der Waals surface area contributed by atoms with E-state index in [2.05, 4.69) is 0 Å². The van der Waals surface area contributed by atoms with Crippen molar-refractivity contribution in [2.24, 2.45) is 0 Å². The standard InChI is InChI=1S/C7H15NO3/c1-8-2-3-11-7(4-8,5-9)6-10/h9-10H,2-6H2,1H3. The van der Waals surface area contributed by atoms with Gasteiger partial charge in [-0.15, -0.1) is 0 Å². The number of ether oxygens (including phenoxy) is 1. The lowest BCUT2D eigenvalue weighted by atomic mass is 10.0. The maximum Gasteiger partial charge on any atom is 0.127 e. The molecule has 1 aliphatic heterocycles. The zero-order valence-corrected chi connectivity index (χ0v) is 6.79. The molecule has 0 spiro atoms. The fourth-order valence-electron chi connectivity index (χ4n) is 1.28. The minimum Gasteiger partial charge on any atom is -0.393 e. The van der Waals surface area contributed by atoms with Gasteiger partial charge in [0.25, 0.3) is 0 Å². The van der Waals surface area contributed by atoms with Gasteiger partial charge in [0.2, 0.25) is 0 Å². The van der Waals surface area contributed by atoms with Crippen LogP contribution in [-0.2, 0) is 4.74 Å². The van der Waals surface area contributed by atoms with Gasteiger partial charge in [0.05, 0.1) is 19.8 Å². The van der Waals surface area contributed by atoms with Crippen molar-refractivity contribution in [1.82, 2.24) is 4.90 Å². The van der Waals surface area contributed by atoms with Gasteiger partial charge in [0.15, 0.2) is 0 Å². The first-order chi connectivity index (χ1) is 5.22. The molecular formula is C7H15NO3. The Morgan fingerprint density at radius 2 is 2.09 bits per heavy atom. The predicted octanol–water partition coefficient (Wildman–Crippen LogP) is -1.33. The maximum atomic E-state index is 8.95. The lowest BCUT2D eigenvalue weighted by Gasteiger charge is -2.38. The van der Waals surface area contributed by atoms with Crippen LogP contribution in [0.1, 0.15) is 0 Å². The van der Waals surface area contributed by atoms with E-state index < -0.39 is 5.60 Å². The Labute approximate surface area is 66.4 Å². The third kappa shape index (κ3) is 1.90. The summed E-state index contributed by atoms with van der Waals surface area (Å²) in [6.45, 7) is 1.81. The molecule has 0 radical (unpaired) electrons. The van der Waals surface area contributed by atoms with Crippen molar-refractivity contribution in [3.8, 4) is 0 Å². The molecule has 0 atom stereocenters. The van der Waals surface area contributed by atoms with Crippen LogP contribution < -0.4 is 0 Å². The normalized spacial score (nSPS) is 25.4. The summed E-state index contributed by atoms with van der Waals surface area (Å²) < 4.78 is 5.29. The highest BCUT2D eigenvalue weighted by atomic mass is 16.5. The predicted molar refractivity (Wildman–Crippen MR) is 40.4 cm³/mol. The second kappa shape index (κ2) is 3.49. The van der Waals surface area contributed by atoms with Crippen LogP contribution >= 0.6 is 0 Å². The molecule has 0 aromatic heterocycles. The Kier molecular flexibility index (Phi) is 2.84. The number of aliphatic hydroxyl groups is 2. The van der Waals surface area contributed by atoms with Crippen LogP contribution in [0.25, 0.3) is 0 Å². The molecule has 0 amide bonds. The van der Waals surface area contributed by atoms with E-state index in [0.29, 0.717) is 13.2 Å². The van der Waals surface area contributed by atoms with E-state index in [1.54, 1.807) is 0 Å². The number of nitrogens with zero attached hydrogens (tertiary/aromatic N) is 1. The molecule has 4 heteroatoms. The van der Waals surface area contributed by atoms with E-state index in [1.807, 2.05) is 11.9 Å². The van der Waals surface area contributed by atoms with E-state index in [0.717, 1.165) is 6.54 Å². The van der Waals surface area contributed by atoms with Gasteiger partial charge in [-0.2, -0.15) is 0 Å². The number of likely N-dealkylation sites (N-methyl/N-ethyl adjacent to an activating group) is 1. The van der Waals surface area contributed by atoms with E-state index in [1.165, 1.54) is 0 Å². The molecule has 1 heterocycles. The molecule has 1 rings (SSSR count). The van der Waals surface area contributed by atoms with Gasteiger partial charge in [-0.25, -0.2) is 0 Å². The second-order valence-electron chi connectivity index (χ2n) is 3.09. The van der Waals surface area contributed by atoms with Gasteiger partial charge >= 0.3 is 0 Å². The van der Waals surface area contributed by atoms with Crippen LogP contribution in [-0.4, -0.2) is 60.7 Å². The molecular weight excluding hydrogens is 146 g/mol. The highest BCUT2D eigenvalue weighted by Crippen LogP contribution is 2.15. The fourth-order valence-corrected chi connectivity index (χ4v) is 1.28. The second-order valence-corrected chi connectivity index (χ2v) is 3.09. The smallest absolute Gasteiger partial charge is 0.127 e. The van der Waals surface area contributed by atoms with Crippen LogP contribution in [0.5, 0.6) is 0 Å². The lowest BCUT2D eigenvalue weighted by Crippen LogP contribution is -2.55. The Balaban J connectivity index is 2.52. The highest BCUT2D eigenvalue weighted by molar-refractivity contribution is 4.85. The third-order valence-corrected chi connectivity index (χ3v) is 2.02. The monoisotopic (exact) mass is 161 g/mol. The molecule has 0 aromatic rings. The Morgan fingerprint density at radius 3 is 2.45 bits per heavy atom. The zero-order chi connectivity index (χ0) is 8.32. The Bertz CT molecular complexity index is 125. The largest absolute Gasteiger partial charge is 0.393 e. The molecule has 4 nitrogen and oxygen atoms in total. The molecule has 0 aliphatic carbocycles. The summed E-state index contributed by atoms with van der Waals surface area (Å²) in [6, 6.07) is 0. The Morgan fingerprint density at radius 1 is 1.45 bits per heavy atom. The van der Waals surface area contributed by atoms with Crippen LogP contribution in [0.2, 0.25) is 0 Å². The molecule has 0 bridgehead atoms. The molecule has 0 unspecified atom stereocenters. The van der Waals surface area contributed by atoms with Crippen molar-refractivity contribution >= 4 is 0 Å². The number of rotatable bonds is 2. The molecule has 1 aliphatic rings. The van der Waals surface area contributed by atoms with E-state index in [9.17, 15) is 0 Å². The van der Waals surface area contributed by atoms with Crippen molar-refractivity contribution in [3.63, 3.8) is 0 Å². The molecule has 0 saturated carbocycles. The summed E-state index contributed by atoms with van der Waals surface area (Å²) in [4.78, 5) is 2.04. The van der Waals surface area contributed by atoms with E-state index in [-0.39, 0.29) is 13.2 Å². The van der Waals surface area contributed by atoms with Crippen LogP contribution in [0.3, 0.4) is 0 Å². The zero-order valence-electron chi connectivity index (χ0n) is 6.79. The van der Waals surface area contributed by atoms with Crippen LogP contribution in [0.4, 0.5) is 0 Å². The summed E-state index contributed by atoms with van der Waals surface area (Å²) in [6.07, 6.45) is 0. The minimum absolute atomic E-state index is 0.117. The average molecular weight is 161 g/mol. The van der Waals surface area contributed by atoms with E-state index >= 15 is 0 Å². The van der Waals surface area contributed by atoms with Crippen molar-refractivity contribution in [2.45, 2.75) is 5.60 Å². The maximum absolute atomic E-state index is 8.95. The van der Waals surface area contributed by atoms with Gasteiger partial charge in [-0.3, -0.25) is 0 Å². The first-order valence-electron chi connectivity index (χ1n) is 3.77. The van der Waals surface area contributed by atoms with E-state index in [4.69, 9.17) is 14.9 Å². The van der Waals surface area contributed by atoms with Crippen molar-refractivity contribution in [3.05, 3.63) is 0 Å². The number of morpholine rings is 1. The summed E-state index contributed by atoms with van der Waals surface area (Å²) in [7, 11) is 1.95. The summed E-state index contributed by atoms with van der Waals surface area (Å²) in [5, 5.41) is 17.9. The quantitative estimate of drug-likeness (QED) is 0.527. The topological polar surface area (TPSA) is 52.9 Å². The molecule has 0 aromatic carbocycles. The van der Waals surface area contributed by atoms with Crippen molar-refractivity contribution < 1.29 is 14.9 Å². The fraction of sp³-hybridized carbons (Fsp3) is 1.00. The number of aliphatic hydroxyl groups excluding tert-OH is 2. The first kappa shape index (κ1) is 8.93. The summed E-state index contributed by atoms with van der Waals surface area (Å²) >= 11 is 0. The molecule has 11 heavy (non-hydrogen) atoms. The Hall–Kier alpha value is -0.160. The number of hydrogen-bond donors (Lipinski definition) is 2.